The zero-order chi connectivity index (χ0) is 12.3. The average molecular weight is 244 g/mol. The summed E-state index contributed by atoms with van der Waals surface area (Å²) in [6.45, 7) is 7.30. The number of nitrogens with one attached hydrogen (secondary N) is 1. The molecule has 0 bridgehead atoms. The normalized spacial score (nSPS) is 11.4. The fourth-order valence-corrected chi connectivity index (χ4v) is 1.72. The summed E-state index contributed by atoms with van der Waals surface area (Å²) in [4.78, 5) is 10.1. The van der Waals surface area contributed by atoms with Gasteiger partial charge in [0.05, 0.1) is 6.20 Å². The summed E-state index contributed by atoms with van der Waals surface area (Å²) >= 11 is 6.04. The van der Waals surface area contributed by atoms with Crippen molar-refractivity contribution in [2.24, 2.45) is 11.3 Å². The Morgan fingerprint density at radius 2 is 2.12 bits per heavy atom. The molecule has 0 saturated heterocycles. The van der Waals surface area contributed by atoms with E-state index in [4.69, 9.17) is 17.4 Å². The molecule has 1 aromatic heterocycles. The third kappa shape index (κ3) is 3.50. The standard InChI is InChI=1S/C10H18ClN5/c1-10(2,3)6-16(4)8-7(11)5-13-9(14-8)15-12/h5H,6,12H2,1-4H3,(H,13,14,15). The van der Waals surface area contributed by atoms with Gasteiger partial charge in [-0.15, -0.1) is 0 Å². The first-order chi connectivity index (χ1) is 7.33. The first-order valence-electron chi connectivity index (χ1n) is 5.04. The lowest BCUT2D eigenvalue weighted by atomic mass is 9.96. The van der Waals surface area contributed by atoms with Gasteiger partial charge in [-0.3, -0.25) is 5.43 Å². The number of rotatable bonds is 3. The molecule has 5 nitrogen and oxygen atoms in total. The molecule has 0 aromatic carbocycles. The van der Waals surface area contributed by atoms with Crippen molar-refractivity contribution in [2.45, 2.75) is 20.8 Å². The highest BCUT2D eigenvalue weighted by Crippen LogP contribution is 2.25. The summed E-state index contributed by atoms with van der Waals surface area (Å²) in [5.74, 6) is 6.30. The topological polar surface area (TPSA) is 67.1 Å². The Morgan fingerprint density at radius 1 is 1.50 bits per heavy atom. The van der Waals surface area contributed by atoms with E-state index in [1.807, 2.05) is 11.9 Å². The van der Waals surface area contributed by atoms with Crippen LogP contribution in [0.15, 0.2) is 6.20 Å². The van der Waals surface area contributed by atoms with Crippen molar-refractivity contribution in [3.8, 4) is 0 Å². The van der Waals surface area contributed by atoms with Crippen LogP contribution >= 0.6 is 11.6 Å². The van der Waals surface area contributed by atoms with Crippen molar-refractivity contribution < 1.29 is 0 Å². The van der Waals surface area contributed by atoms with Gasteiger partial charge in [-0.2, -0.15) is 4.98 Å². The van der Waals surface area contributed by atoms with Crippen molar-refractivity contribution in [2.75, 3.05) is 23.9 Å². The number of aromatic nitrogens is 2. The number of nitrogens with two attached hydrogens (primary N) is 1. The Bertz CT molecular complexity index is 361. The van der Waals surface area contributed by atoms with Gasteiger partial charge in [0.25, 0.3) is 0 Å². The van der Waals surface area contributed by atoms with E-state index in [-0.39, 0.29) is 5.41 Å². The molecule has 0 radical (unpaired) electrons. The quantitative estimate of drug-likeness (QED) is 0.627. The smallest absolute Gasteiger partial charge is 0.239 e. The van der Waals surface area contributed by atoms with E-state index in [0.29, 0.717) is 16.8 Å². The lowest BCUT2D eigenvalue weighted by Crippen LogP contribution is -2.30. The van der Waals surface area contributed by atoms with Crippen LogP contribution in [-0.2, 0) is 0 Å². The second-order valence-corrected chi connectivity index (χ2v) is 5.33. The zero-order valence-corrected chi connectivity index (χ0v) is 10.8. The van der Waals surface area contributed by atoms with Gasteiger partial charge in [-0.05, 0) is 5.41 Å². The van der Waals surface area contributed by atoms with Crippen LogP contribution in [0.4, 0.5) is 11.8 Å². The van der Waals surface area contributed by atoms with Crippen LogP contribution in [0.25, 0.3) is 0 Å². The summed E-state index contributed by atoms with van der Waals surface area (Å²) in [7, 11) is 1.94. The minimum absolute atomic E-state index is 0.166. The van der Waals surface area contributed by atoms with Crippen molar-refractivity contribution >= 4 is 23.4 Å². The second kappa shape index (κ2) is 4.84. The number of halogens is 1. The van der Waals surface area contributed by atoms with Crippen molar-refractivity contribution in [1.29, 1.82) is 0 Å². The minimum Gasteiger partial charge on any atom is -0.358 e. The number of hydrazine groups is 1. The Hall–Kier alpha value is -1.07. The predicted octanol–water partition coefficient (Wildman–Crippen LogP) is 1.90. The number of hydrogen-bond acceptors (Lipinski definition) is 5. The van der Waals surface area contributed by atoms with Gasteiger partial charge in [0.1, 0.15) is 5.02 Å². The van der Waals surface area contributed by atoms with E-state index < -0.39 is 0 Å². The van der Waals surface area contributed by atoms with E-state index in [1.54, 1.807) is 0 Å². The molecule has 1 aromatic rings. The fourth-order valence-electron chi connectivity index (χ4n) is 1.48. The molecule has 1 rings (SSSR count). The van der Waals surface area contributed by atoms with Crippen LogP contribution in [0.5, 0.6) is 0 Å². The highest BCUT2D eigenvalue weighted by Gasteiger charge is 2.17. The summed E-state index contributed by atoms with van der Waals surface area (Å²) in [5, 5.41) is 0.519. The van der Waals surface area contributed by atoms with Gasteiger partial charge in [-0.1, -0.05) is 32.4 Å². The third-order valence-electron chi connectivity index (χ3n) is 1.93. The molecule has 0 amide bonds. The van der Waals surface area contributed by atoms with Crippen molar-refractivity contribution in [3.63, 3.8) is 0 Å². The van der Waals surface area contributed by atoms with Crippen LogP contribution in [0.3, 0.4) is 0 Å². The number of hydrogen-bond donors (Lipinski definition) is 2. The molecule has 0 fully saturated rings. The van der Waals surface area contributed by atoms with Gasteiger partial charge in [0, 0.05) is 13.6 Å². The number of nitrogen functional groups attached to an aromatic ring is 1. The van der Waals surface area contributed by atoms with Crippen LogP contribution in [0.2, 0.25) is 5.02 Å². The predicted molar refractivity (Wildman–Crippen MR) is 67.6 cm³/mol. The molecule has 3 N–H and O–H groups in total. The van der Waals surface area contributed by atoms with Gasteiger partial charge in [0.15, 0.2) is 5.82 Å². The molecule has 0 atom stereocenters. The van der Waals surface area contributed by atoms with Crippen LogP contribution in [0, 0.1) is 5.41 Å². The molecule has 0 aliphatic rings. The summed E-state index contributed by atoms with van der Waals surface area (Å²) in [5.41, 5.74) is 2.57. The third-order valence-corrected chi connectivity index (χ3v) is 2.19. The molecular formula is C10H18ClN5. The first-order valence-corrected chi connectivity index (χ1v) is 5.41. The SMILES string of the molecule is CN(CC(C)(C)C)c1nc(NN)ncc1Cl. The van der Waals surface area contributed by atoms with Crippen LogP contribution in [-0.4, -0.2) is 23.6 Å². The highest BCUT2D eigenvalue weighted by atomic mass is 35.5. The summed E-state index contributed by atoms with van der Waals surface area (Å²) in [6.07, 6.45) is 1.54. The first kappa shape index (κ1) is 13.0. The van der Waals surface area contributed by atoms with Crippen LogP contribution < -0.4 is 16.2 Å². The molecule has 1 heterocycles. The second-order valence-electron chi connectivity index (χ2n) is 4.93. The minimum atomic E-state index is 0.166. The fraction of sp³-hybridized carbons (Fsp3) is 0.600. The lowest BCUT2D eigenvalue weighted by Gasteiger charge is -2.27. The maximum atomic E-state index is 6.04. The largest absolute Gasteiger partial charge is 0.358 e. The lowest BCUT2D eigenvalue weighted by molar-refractivity contribution is 0.418. The maximum absolute atomic E-state index is 6.04. The van der Waals surface area contributed by atoms with Crippen molar-refractivity contribution in [1.82, 2.24) is 9.97 Å². The number of nitrogens with zero attached hydrogens (tertiary/aromatic N) is 3. The van der Waals surface area contributed by atoms with E-state index in [9.17, 15) is 0 Å². The highest BCUT2D eigenvalue weighted by molar-refractivity contribution is 6.32. The molecular weight excluding hydrogens is 226 g/mol. The average Bonchev–Trinajstić information content (AvgIpc) is 2.15. The molecule has 0 aliphatic carbocycles. The van der Waals surface area contributed by atoms with Gasteiger partial charge in [-0.25, -0.2) is 10.8 Å². The molecule has 16 heavy (non-hydrogen) atoms. The van der Waals surface area contributed by atoms with Crippen LogP contribution in [0.1, 0.15) is 20.8 Å². The molecule has 0 saturated carbocycles. The molecule has 0 unspecified atom stereocenters. The number of anilines is 2. The van der Waals surface area contributed by atoms with E-state index >= 15 is 0 Å². The monoisotopic (exact) mass is 243 g/mol. The van der Waals surface area contributed by atoms with Gasteiger partial charge >= 0.3 is 0 Å². The maximum Gasteiger partial charge on any atom is 0.239 e. The van der Waals surface area contributed by atoms with E-state index in [1.165, 1.54) is 6.20 Å². The Morgan fingerprint density at radius 3 is 2.62 bits per heavy atom. The Balaban J connectivity index is 2.93. The zero-order valence-electron chi connectivity index (χ0n) is 10.1. The Labute approximate surface area is 101 Å². The Kier molecular flexibility index (Phi) is 3.93. The van der Waals surface area contributed by atoms with Gasteiger partial charge < -0.3 is 4.90 Å². The molecule has 90 valence electrons. The van der Waals surface area contributed by atoms with E-state index in [2.05, 4.69) is 36.2 Å². The summed E-state index contributed by atoms with van der Waals surface area (Å²) in [6, 6.07) is 0. The molecule has 0 spiro atoms. The van der Waals surface area contributed by atoms with Crippen molar-refractivity contribution in [3.05, 3.63) is 11.2 Å². The molecule has 6 heteroatoms. The van der Waals surface area contributed by atoms with E-state index in [0.717, 1.165) is 6.54 Å². The molecule has 0 aliphatic heterocycles. The summed E-state index contributed by atoms with van der Waals surface area (Å²) < 4.78 is 0. The van der Waals surface area contributed by atoms with Gasteiger partial charge in [0.2, 0.25) is 5.95 Å².